The normalized spacial score (nSPS) is 10.7. The Labute approximate surface area is 102 Å². The minimum absolute atomic E-state index is 0.0316. The molecule has 0 N–H and O–H groups in total. The van der Waals surface area contributed by atoms with Gasteiger partial charge in [-0.25, -0.2) is 0 Å². The van der Waals surface area contributed by atoms with Gasteiger partial charge in [-0.2, -0.15) is 0 Å². The Hall–Kier alpha value is -1.32. The molecule has 0 saturated heterocycles. The summed E-state index contributed by atoms with van der Waals surface area (Å²) < 4.78 is 0. The minimum atomic E-state index is -1.28. The van der Waals surface area contributed by atoms with Crippen LogP contribution in [0.2, 0.25) is 10.0 Å². The average Bonchev–Trinajstić information content (AvgIpc) is 2.14. The molecule has 16 heavy (non-hydrogen) atoms. The van der Waals surface area contributed by atoms with E-state index < -0.39 is 5.97 Å². The second-order valence-electron chi connectivity index (χ2n) is 3.38. The number of carboxylic acids is 1. The molecule has 0 bridgehead atoms. The lowest BCUT2D eigenvalue weighted by Gasteiger charge is -2.10. The molecular formula is C11H6Cl2NO2-. The molecule has 0 saturated carbocycles. The summed E-state index contributed by atoms with van der Waals surface area (Å²) in [6.07, 6.45) is 0. The molecular weight excluding hydrogens is 249 g/mol. The Kier molecular flexibility index (Phi) is 2.74. The van der Waals surface area contributed by atoms with E-state index in [0.717, 1.165) is 0 Å². The van der Waals surface area contributed by atoms with Crippen LogP contribution in [0.5, 0.6) is 0 Å². The smallest absolute Gasteiger partial charge is 0.0741 e. The van der Waals surface area contributed by atoms with Crippen LogP contribution in [0, 0.1) is 6.92 Å². The zero-order valence-electron chi connectivity index (χ0n) is 8.25. The number of benzene rings is 1. The SMILES string of the molecule is Cc1cc(C(=O)[O-])c2c(Cl)cc(Cl)cc2n1. The van der Waals surface area contributed by atoms with Crippen molar-refractivity contribution in [2.75, 3.05) is 0 Å². The standard InChI is InChI=1S/C11H7Cl2NO2/c1-5-2-7(11(15)16)10-8(13)3-6(12)4-9(10)14-5/h2-4H,1H3,(H,15,16)/p-1. The summed E-state index contributed by atoms with van der Waals surface area (Å²) in [6, 6.07) is 4.48. The van der Waals surface area contributed by atoms with Gasteiger partial charge < -0.3 is 9.90 Å². The van der Waals surface area contributed by atoms with Gasteiger partial charge in [-0.1, -0.05) is 23.2 Å². The molecule has 1 aromatic heterocycles. The molecule has 0 radical (unpaired) electrons. The molecule has 2 aromatic rings. The first-order valence-electron chi connectivity index (χ1n) is 4.47. The molecule has 0 fully saturated rings. The lowest BCUT2D eigenvalue weighted by atomic mass is 10.1. The lowest BCUT2D eigenvalue weighted by molar-refractivity contribution is -0.254. The summed E-state index contributed by atoms with van der Waals surface area (Å²) >= 11 is 11.8. The number of halogens is 2. The number of rotatable bonds is 1. The summed E-state index contributed by atoms with van der Waals surface area (Å²) in [5.41, 5.74) is 1.06. The van der Waals surface area contributed by atoms with Crippen LogP contribution in [0.15, 0.2) is 18.2 Å². The highest BCUT2D eigenvalue weighted by atomic mass is 35.5. The molecule has 5 heteroatoms. The molecule has 0 unspecified atom stereocenters. The van der Waals surface area contributed by atoms with Crippen molar-refractivity contribution in [3.63, 3.8) is 0 Å². The zero-order chi connectivity index (χ0) is 11.9. The lowest BCUT2D eigenvalue weighted by Crippen LogP contribution is -2.23. The van der Waals surface area contributed by atoms with E-state index in [4.69, 9.17) is 23.2 Å². The molecule has 2 rings (SSSR count). The van der Waals surface area contributed by atoms with Gasteiger partial charge in [0.25, 0.3) is 0 Å². The second kappa shape index (κ2) is 3.92. The number of nitrogens with zero attached hydrogens (tertiary/aromatic N) is 1. The number of aromatic nitrogens is 1. The van der Waals surface area contributed by atoms with Crippen LogP contribution in [0.3, 0.4) is 0 Å². The van der Waals surface area contributed by atoms with Crippen LogP contribution in [-0.4, -0.2) is 11.0 Å². The van der Waals surface area contributed by atoms with Crippen molar-refractivity contribution in [1.82, 2.24) is 4.98 Å². The molecule has 0 amide bonds. The van der Waals surface area contributed by atoms with Crippen molar-refractivity contribution in [3.05, 3.63) is 39.5 Å². The van der Waals surface area contributed by atoms with Gasteiger partial charge in [0.2, 0.25) is 0 Å². The Balaban J connectivity index is 2.95. The fraction of sp³-hybridized carbons (Fsp3) is 0.0909. The average molecular weight is 255 g/mol. The van der Waals surface area contributed by atoms with Gasteiger partial charge in [-0.3, -0.25) is 4.98 Å². The van der Waals surface area contributed by atoms with E-state index in [1.54, 1.807) is 13.0 Å². The van der Waals surface area contributed by atoms with E-state index in [0.29, 0.717) is 21.6 Å². The van der Waals surface area contributed by atoms with E-state index in [-0.39, 0.29) is 10.6 Å². The number of hydrogen-bond donors (Lipinski definition) is 0. The van der Waals surface area contributed by atoms with Crippen LogP contribution < -0.4 is 5.11 Å². The van der Waals surface area contributed by atoms with Gasteiger partial charge in [-0.05, 0) is 25.1 Å². The molecule has 3 nitrogen and oxygen atoms in total. The maximum Gasteiger partial charge on any atom is 0.0741 e. The minimum Gasteiger partial charge on any atom is -0.545 e. The third kappa shape index (κ3) is 1.84. The van der Waals surface area contributed by atoms with Crippen molar-refractivity contribution in [2.45, 2.75) is 6.92 Å². The fourth-order valence-corrected chi connectivity index (χ4v) is 2.16. The summed E-state index contributed by atoms with van der Waals surface area (Å²) in [5.74, 6) is -1.28. The van der Waals surface area contributed by atoms with Crippen molar-refractivity contribution < 1.29 is 9.90 Å². The predicted octanol–water partition coefficient (Wildman–Crippen LogP) is 2.21. The molecule has 1 heterocycles. The quantitative estimate of drug-likeness (QED) is 0.784. The molecule has 1 aromatic carbocycles. The first kappa shape index (κ1) is 11.2. The number of pyridine rings is 1. The Morgan fingerprint density at radius 1 is 1.31 bits per heavy atom. The van der Waals surface area contributed by atoms with Crippen LogP contribution in [0.25, 0.3) is 10.9 Å². The van der Waals surface area contributed by atoms with Crippen molar-refractivity contribution in [3.8, 4) is 0 Å². The van der Waals surface area contributed by atoms with Gasteiger partial charge in [0.05, 0.1) is 16.5 Å². The highest BCUT2D eigenvalue weighted by Crippen LogP contribution is 2.29. The third-order valence-electron chi connectivity index (χ3n) is 2.17. The Bertz CT molecular complexity index is 591. The summed E-state index contributed by atoms with van der Waals surface area (Å²) in [7, 11) is 0. The summed E-state index contributed by atoms with van der Waals surface area (Å²) in [6.45, 7) is 1.70. The number of carbonyl (C=O) groups excluding carboxylic acids is 1. The summed E-state index contributed by atoms with van der Waals surface area (Å²) in [4.78, 5) is 15.2. The van der Waals surface area contributed by atoms with Crippen molar-refractivity contribution in [1.29, 1.82) is 0 Å². The van der Waals surface area contributed by atoms with Gasteiger partial charge in [0.15, 0.2) is 0 Å². The number of fused-ring (bicyclic) bond motifs is 1. The number of aromatic carboxylic acids is 1. The van der Waals surface area contributed by atoms with Crippen LogP contribution in [-0.2, 0) is 0 Å². The maximum absolute atomic E-state index is 11.0. The van der Waals surface area contributed by atoms with E-state index in [1.165, 1.54) is 12.1 Å². The molecule has 0 aliphatic heterocycles. The van der Waals surface area contributed by atoms with Crippen LogP contribution >= 0.6 is 23.2 Å². The van der Waals surface area contributed by atoms with Gasteiger partial charge in [0, 0.05) is 21.7 Å². The predicted molar refractivity (Wildman–Crippen MR) is 60.8 cm³/mol. The largest absolute Gasteiger partial charge is 0.545 e. The van der Waals surface area contributed by atoms with Crippen LogP contribution in [0.4, 0.5) is 0 Å². The van der Waals surface area contributed by atoms with E-state index in [1.807, 2.05) is 0 Å². The second-order valence-corrected chi connectivity index (χ2v) is 4.22. The van der Waals surface area contributed by atoms with Crippen LogP contribution in [0.1, 0.15) is 16.1 Å². The van der Waals surface area contributed by atoms with Crippen molar-refractivity contribution >= 4 is 40.1 Å². The van der Waals surface area contributed by atoms with E-state index >= 15 is 0 Å². The number of carboxylic acid groups (broad SMARTS) is 1. The van der Waals surface area contributed by atoms with Gasteiger partial charge >= 0.3 is 0 Å². The molecule has 0 spiro atoms. The molecule has 0 atom stereocenters. The highest BCUT2D eigenvalue weighted by molar-refractivity contribution is 6.39. The topological polar surface area (TPSA) is 53.0 Å². The summed E-state index contributed by atoms with van der Waals surface area (Å²) in [5, 5.41) is 12.0. The number of hydrogen-bond acceptors (Lipinski definition) is 3. The monoisotopic (exact) mass is 254 g/mol. The van der Waals surface area contributed by atoms with E-state index in [9.17, 15) is 9.90 Å². The zero-order valence-corrected chi connectivity index (χ0v) is 9.76. The third-order valence-corrected chi connectivity index (χ3v) is 2.69. The first-order chi connectivity index (χ1) is 7.49. The fourth-order valence-electron chi connectivity index (χ4n) is 1.58. The Morgan fingerprint density at radius 2 is 2.00 bits per heavy atom. The highest BCUT2D eigenvalue weighted by Gasteiger charge is 2.09. The van der Waals surface area contributed by atoms with Crippen molar-refractivity contribution in [2.24, 2.45) is 0 Å². The van der Waals surface area contributed by atoms with Gasteiger partial charge in [0.1, 0.15) is 0 Å². The molecule has 0 aliphatic carbocycles. The Morgan fingerprint density at radius 3 is 2.62 bits per heavy atom. The maximum atomic E-state index is 11.0. The molecule has 82 valence electrons. The van der Waals surface area contributed by atoms with Gasteiger partial charge in [-0.15, -0.1) is 0 Å². The number of aryl methyl sites for hydroxylation is 1. The molecule has 0 aliphatic rings. The van der Waals surface area contributed by atoms with E-state index in [2.05, 4.69) is 4.98 Å². The first-order valence-corrected chi connectivity index (χ1v) is 5.22. The number of carbonyl (C=O) groups is 1.